The third-order valence-electron chi connectivity index (χ3n) is 4.95. The summed E-state index contributed by atoms with van der Waals surface area (Å²) in [5.74, 6) is -1.13. The second-order valence-corrected chi connectivity index (χ2v) is 8.28. The Hall–Kier alpha value is -3.42. The van der Waals surface area contributed by atoms with Gasteiger partial charge in [0, 0.05) is 48.7 Å². The van der Waals surface area contributed by atoms with E-state index in [1.165, 1.54) is 32.0 Å². The molecule has 2 aromatic rings. The average molecular weight is 442 g/mol. The number of benzene rings is 1. The van der Waals surface area contributed by atoms with E-state index >= 15 is 0 Å². The predicted octanol–water partition coefficient (Wildman–Crippen LogP) is 4.11. The number of nitrogens with zero attached hydrogens (tertiary/aromatic N) is 1. The van der Waals surface area contributed by atoms with Gasteiger partial charge in [0.25, 0.3) is 0 Å². The quantitative estimate of drug-likeness (QED) is 0.450. The molecule has 0 radical (unpaired) electrons. The normalized spacial score (nSPS) is 10.7. The first-order valence-corrected chi connectivity index (χ1v) is 10.5. The monoisotopic (exact) mass is 441 g/mol. The number of hydrogen-bond acceptors (Lipinski definition) is 5. The zero-order valence-corrected chi connectivity index (χ0v) is 19.5. The summed E-state index contributed by atoms with van der Waals surface area (Å²) in [4.78, 5) is 48.1. The lowest BCUT2D eigenvalue weighted by molar-refractivity contribution is -0.115. The van der Waals surface area contributed by atoms with Crippen LogP contribution in [0, 0.1) is 19.8 Å². The fraction of sp³-hybridized carbons (Fsp3) is 0.417. The molecule has 2 N–H and O–H groups in total. The minimum absolute atomic E-state index is 0.107. The number of carbonyl (C=O) groups excluding carboxylic acids is 4. The molecule has 0 atom stereocenters. The molecule has 0 spiro atoms. The summed E-state index contributed by atoms with van der Waals surface area (Å²) in [7, 11) is 0. The number of ether oxygens (including phenoxy) is 1. The maximum Gasteiger partial charge on any atom is 0.338 e. The number of Topliss-reactive ketones (excluding diaryl/α,β-unsaturated/α-hetero) is 1. The van der Waals surface area contributed by atoms with Crippen molar-refractivity contribution in [2.75, 3.05) is 17.2 Å². The van der Waals surface area contributed by atoms with Gasteiger partial charge < -0.3 is 19.9 Å². The molecule has 172 valence electrons. The molecule has 0 aliphatic carbocycles. The number of aryl methyl sites for hydroxylation is 1. The van der Waals surface area contributed by atoms with Gasteiger partial charge in [0.1, 0.15) is 0 Å². The first-order chi connectivity index (χ1) is 15.0. The molecule has 8 nitrogen and oxygen atoms in total. The van der Waals surface area contributed by atoms with E-state index in [4.69, 9.17) is 4.74 Å². The van der Waals surface area contributed by atoms with E-state index in [0.717, 1.165) is 24.4 Å². The maximum absolute atomic E-state index is 12.7. The molecular weight excluding hydrogens is 410 g/mol. The van der Waals surface area contributed by atoms with Crippen LogP contribution in [0.5, 0.6) is 0 Å². The van der Waals surface area contributed by atoms with E-state index < -0.39 is 12.6 Å². The molecule has 1 aromatic carbocycles. The Morgan fingerprint density at radius 2 is 1.50 bits per heavy atom. The maximum atomic E-state index is 12.7. The second-order valence-electron chi connectivity index (χ2n) is 8.28. The van der Waals surface area contributed by atoms with Crippen molar-refractivity contribution in [2.24, 2.45) is 5.92 Å². The third-order valence-corrected chi connectivity index (χ3v) is 4.95. The molecule has 0 unspecified atom stereocenters. The Kier molecular flexibility index (Phi) is 8.34. The van der Waals surface area contributed by atoms with Crippen LogP contribution in [0.15, 0.2) is 24.3 Å². The molecule has 1 aromatic heterocycles. The summed E-state index contributed by atoms with van der Waals surface area (Å²) in [5.41, 5.74) is 3.14. The van der Waals surface area contributed by atoms with Gasteiger partial charge >= 0.3 is 5.97 Å². The van der Waals surface area contributed by atoms with Crippen molar-refractivity contribution in [3.63, 3.8) is 0 Å². The fourth-order valence-corrected chi connectivity index (χ4v) is 3.40. The number of esters is 1. The zero-order chi connectivity index (χ0) is 24.0. The zero-order valence-electron chi connectivity index (χ0n) is 19.5. The van der Waals surface area contributed by atoms with Crippen LogP contribution in [0.3, 0.4) is 0 Å². The Balaban J connectivity index is 2.15. The molecule has 0 aliphatic heterocycles. The smallest absolute Gasteiger partial charge is 0.338 e. The van der Waals surface area contributed by atoms with Crippen LogP contribution < -0.4 is 10.6 Å². The minimum atomic E-state index is -0.731. The number of hydrogen-bond donors (Lipinski definition) is 2. The van der Waals surface area contributed by atoms with Crippen molar-refractivity contribution in [1.29, 1.82) is 0 Å². The van der Waals surface area contributed by atoms with Crippen LogP contribution >= 0.6 is 0 Å². The van der Waals surface area contributed by atoms with Gasteiger partial charge in [0.2, 0.25) is 17.6 Å². The number of ketones is 1. The second kappa shape index (κ2) is 10.7. The Morgan fingerprint density at radius 3 is 2.00 bits per heavy atom. The molecule has 1 heterocycles. The van der Waals surface area contributed by atoms with Gasteiger partial charge in [-0.05, 0) is 50.5 Å². The van der Waals surface area contributed by atoms with Crippen molar-refractivity contribution in [3.8, 4) is 0 Å². The van der Waals surface area contributed by atoms with Gasteiger partial charge in [0.15, 0.2) is 6.61 Å². The topological polar surface area (TPSA) is 107 Å². The summed E-state index contributed by atoms with van der Waals surface area (Å²) in [5, 5.41) is 5.15. The highest BCUT2D eigenvalue weighted by atomic mass is 16.5. The van der Waals surface area contributed by atoms with Crippen molar-refractivity contribution in [1.82, 2.24) is 4.57 Å². The molecule has 2 rings (SSSR count). The molecular formula is C24H31N3O5. The van der Waals surface area contributed by atoms with E-state index in [1.807, 2.05) is 19.9 Å². The Morgan fingerprint density at radius 1 is 0.938 bits per heavy atom. The molecule has 0 bridgehead atoms. The van der Waals surface area contributed by atoms with Crippen molar-refractivity contribution >= 4 is 34.9 Å². The third kappa shape index (κ3) is 6.80. The molecule has 0 fully saturated rings. The lowest BCUT2D eigenvalue weighted by atomic mass is 10.1. The lowest BCUT2D eigenvalue weighted by Crippen LogP contribution is -2.16. The number of carbonyl (C=O) groups is 4. The average Bonchev–Trinajstić information content (AvgIpc) is 2.96. The van der Waals surface area contributed by atoms with Gasteiger partial charge in [-0.15, -0.1) is 0 Å². The number of rotatable bonds is 9. The van der Waals surface area contributed by atoms with Crippen LogP contribution in [-0.4, -0.2) is 34.7 Å². The van der Waals surface area contributed by atoms with Crippen molar-refractivity contribution in [2.45, 2.75) is 54.5 Å². The standard InChI is InChI=1S/C24H31N3O5/c1-14(2)7-8-27-15(3)9-22(16(27)4)23(30)13-32-24(31)19-10-20(25-17(5)28)12-21(11-19)26-18(6)29/h9-12,14H,7-8,13H2,1-6H3,(H,25,28)(H,26,29). The van der Waals surface area contributed by atoms with Crippen LogP contribution in [0.2, 0.25) is 0 Å². The summed E-state index contributed by atoms with van der Waals surface area (Å²) in [6.07, 6.45) is 1.00. The Labute approximate surface area is 188 Å². The first-order valence-electron chi connectivity index (χ1n) is 10.5. The molecule has 8 heteroatoms. The van der Waals surface area contributed by atoms with Gasteiger partial charge in [-0.1, -0.05) is 13.8 Å². The van der Waals surface area contributed by atoms with E-state index in [0.29, 0.717) is 22.9 Å². The van der Waals surface area contributed by atoms with Crippen molar-refractivity contribution < 1.29 is 23.9 Å². The number of aromatic nitrogens is 1. The van der Waals surface area contributed by atoms with Gasteiger partial charge in [-0.2, -0.15) is 0 Å². The fourth-order valence-electron chi connectivity index (χ4n) is 3.40. The van der Waals surface area contributed by atoms with E-state index in [-0.39, 0.29) is 23.2 Å². The van der Waals surface area contributed by atoms with Gasteiger partial charge in [-0.3, -0.25) is 14.4 Å². The largest absolute Gasteiger partial charge is 0.454 e. The summed E-state index contributed by atoms with van der Waals surface area (Å²) >= 11 is 0. The Bertz CT molecular complexity index is 1000. The summed E-state index contributed by atoms with van der Waals surface area (Å²) in [6.45, 7) is 11.2. The number of anilines is 2. The highest BCUT2D eigenvalue weighted by Gasteiger charge is 2.19. The molecule has 0 saturated carbocycles. The lowest BCUT2D eigenvalue weighted by Gasteiger charge is -2.12. The first kappa shape index (κ1) is 24.8. The van der Waals surface area contributed by atoms with Crippen LogP contribution in [0.4, 0.5) is 11.4 Å². The molecule has 32 heavy (non-hydrogen) atoms. The highest BCUT2D eigenvalue weighted by Crippen LogP contribution is 2.21. The number of nitrogens with one attached hydrogen (secondary N) is 2. The predicted molar refractivity (Wildman–Crippen MR) is 123 cm³/mol. The van der Waals surface area contributed by atoms with Gasteiger partial charge in [-0.25, -0.2) is 4.79 Å². The van der Waals surface area contributed by atoms with Crippen LogP contribution in [0.1, 0.15) is 66.2 Å². The highest BCUT2D eigenvalue weighted by molar-refractivity contribution is 6.01. The number of amides is 2. The van der Waals surface area contributed by atoms with E-state index in [9.17, 15) is 19.2 Å². The SMILES string of the molecule is CC(=O)Nc1cc(NC(C)=O)cc(C(=O)OCC(=O)c2cc(C)n(CCC(C)C)c2C)c1. The summed E-state index contributed by atoms with van der Waals surface area (Å²) < 4.78 is 7.35. The van der Waals surface area contributed by atoms with E-state index in [2.05, 4.69) is 29.0 Å². The minimum Gasteiger partial charge on any atom is -0.454 e. The molecule has 0 saturated heterocycles. The molecule has 2 amide bonds. The summed E-state index contributed by atoms with van der Waals surface area (Å²) in [6, 6.07) is 6.20. The van der Waals surface area contributed by atoms with Crippen LogP contribution in [0.25, 0.3) is 0 Å². The van der Waals surface area contributed by atoms with E-state index in [1.54, 1.807) is 0 Å². The van der Waals surface area contributed by atoms with Crippen molar-refractivity contribution in [3.05, 3.63) is 46.8 Å². The van der Waals surface area contributed by atoms with Crippen LogP contribution in [-0.2, 0) is 20.9 Å². The molecule has 0 aliphatic rings. The van der Waals surface area contributed by atoms with Gasteiger partial charge in [0.05, 0.1) is 5.56 Å².